The highest BCUT2D eigenvalue weighted by molar-refractivity contribution is 7.99. The SMILES string of the molecule is COc1ccc(CC(=O)NC(C)c2nnc(SCC(=O)Nc3ccc(C(C)C)cc3)n2C)cc1. The van der Waals surface area contributed by atoms with Crippen molar-refractivity contribution in [1.29, 1.82) is 0 Å². The minimum atomic E-state index is -0.328. The van der Waals surface area contributed by atoms with Gasteiger partial charge in [0, 0.05) is 12.7 Å². The van der Waals surface area contributed by atoms with Crippen LogP contribution < -0.4 is 15.4 Å². The Bertz CT molecular complexity index is 1110. The quantitative estimate of drug-likeness (QED) is 0.423. The number of hydrogen-bond donors (Lipinski definition) is 2. The highest BCUT2D eigenvalue weighted by atomic mass is 32.2. The molecule has 3 rings (SSSR count). The Morgan fingerprint density at radius 3 is 2.29 bits per heavy atom. The van der Waals surface area contributed by atoms with Gasteiger partial charge in [-0.05, 0) is 48.2 Å². The van der Waals surface area contributed by atoms with E-state index in [0.29, 0.717) is 16.9 Å². The van der Waals surface area contributed by atoms with Crippen LogP contribution in [0.4, 0.5) is 5.69 Å². The number of methoxy groups -OCH3 is 1. The van der Waals surface area contributed by atoms with Gasteiger partial charge in [0.1, 0.15) is 5.75 Å². The number of thioether (sulfide) groups is 1. The van der Waals surface area contributed by atoms with E-state index in [1.54, 1.807) is 11.7 Å². The summed E-state index contributed by atoms with van der Waals surface area (Å²) in [5.74, 6) is 1.79. The van der Waals surface area contributed by atoms with Crippen LogP contribution in [0.25, 0.3) is 0 Å². The molecular formula is C25H31N5O3S. The fraction of sp³-hybridized carbons (Fsp3) is 0.360. The second kappa shape index (κ2) is 11.7. The second-order valence-corrected chi connectivity index (χ2v) is 9.27. The number of amides is 2. The third-order valence-corrected chi connectivity index (χ3v) is 6.37. The van der Waals surface area contributed by atoms with Crippen molar-refractivity contribution in [1.82, 2.24) is 20.1 Å². The Morgan fingerprint density at radius 2 is 1.68 bits per heavy atom. The molecule has 2 amide bonds. The fourth-order valence-electron chi connectivity index (χ4n) is 3.39. The Morgan fingerprint density at radius 1 is 1.00 bits per heavy atom. The molecule has 8 nitrogen and oxygen atoms in total. The number of benzene rings is 2. The minimum Gasteiger partial charge on any atom is -0.497 e. The highest BCUT2D eigenvalue weighted by Crippen LogP contribution is 2.21. The lowest BCUT2D eigenvalue weighted by atomic mass is 10.0. The van der Waals surface area contributed by atoms with Crippen molar-refractivity contribution < 1.29 is 14.3 Å². The fourth-order valence-corrected chi connectivity index (χ4v) is 4.11. The average Bonchev–Trinajstić information content (AvgIpc) is 3.18. The molecule has 180 valence electrons. The van der Waals surface area contributed by atoms with Gasteiger partial charge in [-0.3, -0.25) is 9.59 Å². The normalized spacial score (nSPS) is 11.8. The predicted octanol–water partition coefficient (Wildman–Crippen LogP) is 4.10. The van der Waals surface area contributed by atoms with Crippen molar-refractivity contribution in [2.75, 3.05) is 18.2 Å². The molecule has 0 aliphatic carbocycles. The molecule has 0 bridgehead atoms. The Balaban J connectivity index is 1.50. The smallest absolute Gasteiger partial charge is 0.234 e. The molecule has 1 unspecified atom stereocenters. The molecule has 34 heavy (non-hydrogen) atoms. The molecule has 2 N–H and O–H groups in total. The number of carbonyl (C=O) groups is 2. The van der Waals surface area contributed by atoms with E-state index in [-0.39, 0.29) is 30.0 Å². The van der Waals surface area contributed by atoms with E-state index in [0.717, 1.165) is 17.0 Å². The molecule has 2 aromatic carbocycles. The van der Waals surface area contributed by atoms with Crippen LogP contribution >= 0.6 is 11.8 Å². The Labute approximate surface area is 204 Å². The van der Waals surface area contributed by atoms with Crippen LogP contribution in [0, 0.1) is 0 Å². The van der Waals surface area contributed by atoms with E-state index in [2.05, 4.69) is 34.7 Å². The standard InChI is InChI=1S/C25H31N5O3S/c1-16(2)19-8-10-20(11-9-19)27-23(32)15-34-25-29-28-24(30(25)4)17(3)26-22(31)14-18-6-12-21(33-5)13-7-18/h6-13,16-17H,14-15H2,1-5H3,(H,26,31)(H,27,32). The molecule has 0 saturated heterocycles. The van der Waals surface area contributed by atoms with Crippen molar-refractivity contribution in [3.8, 4) is 5.75 Å². The average molecular weight is 482 g/mol. The van der Waals surface area contributed by atoms with Crippen LogP contribution in [0.1, 0.15) is 49.7 Å². The van der Waals surface area contributed by atoms with Gasteiger partial charge in [0.15, 0.2) is 11.0 Å². The van der Waals surface area contributed by atoms with E-state index in [1.165, 1.54) is 17.3 Å². The molecule has 0 aliphatic heterocycles. The monoisotopic (exact) mass is 481 g/mol. The lowest BCUT2D eigenvalue weighted by Gasteiger charge is -2.14. The van der Waals surface area contributed by atoms with Crippen LogP contribution in [0.2, 0.25) is 0 Å². The maximum Gasteiger partial charge on any atom is 0.234 e. The molecule has 1 atom stereocenters. The summed E-state index contributed by atoms with van der Waals surface area (Å²) >= 11 is 1.30. The molecule has 1 aromatic heterocycles. The van der Waals surface area contributed by atoms with Gasteiger partial charge in [-0.25, -0.2) is 0 Å². The molecule has 3 aromatic rings. The van der Waals surface area contributed by atoms with Crippen LogP contribution in [-0.4, -0.2) is 39.4 Å². The molecule has 0 radical (unpaired) electrons. The third kappa shape index (κ3) is 6.84. The van der Waals surface area contributed by atoms with Crippen molar-refractivity contribution >= 4 is 29.3 Å². The zero-order chi connectivity index (χ0) is 24.7. The van der Waals surface area contributed by atoms with Crippen LogP contribution in [0.15, 0.2) is 53.7 Å². The first-order valence-electron chi connectivity index (χ1n) is 11.1. The molecule has 0 spiro atoms. The van der Waals surface area contributed by atoms with Gasteiger partial charge in [0.05, 0.1) is 25.3 Å². The van der Waals surface area contributed by atoms with E-state index >= 15 is 0 Å². The van der Waals surface area contributed by atoms with Gasteiger partial charge < -0.3 is 19.9 Å². The Hall–Kier alpha value is -3.33. The van der Waals surface area contributed by atoms with E-state index in [1.807, 2.05) is 62.5 Å². The summed E-state index contributed by atoms with van der Waals surface area (Å²) in [5, 5.41) is 14.9. The van der Waals surface area contributed by atoms with Crippen molar-refractivity contribution in [2.24, 2.45) is 7.05 Å². The van der Waals surface area contributed by atoms with Gasteiger partial charge in [0.2, 0.25) is 11.8 Å². The first kappa shape index (κ1) is 25.3. The van der Waals surface area contributed by atoms with Crippen LogP contribution in [0.3, 0.4) is 0 Å². The molecular weight excluding hydrogens is 450 g/mol. The lowest BCUT2D eigenvalue weighted by Crippen LogP contribution is -2.29. The number of aromatic nitrogens is 3. The summed E-state index contributed by atoms with van der Waals surface area (Å²) in [6.07, 6.45) is 0.256. The summed E-state index contributed by atoms with van der Waals surface area (Å²) < 4.78 is 6.94. The second-order valence-electron chi connectivity index (χ2n) is 8.33. The van der Waals surface area contributed by atoms with Crippen molar-refractivity contribution in [3.63, 3.8) is 0 Å². The number of hydrogen-bond acceptors (Lipinski definition) is 6. The van der Waals surface area contributed by atoms with Gasteiger partial charge in [-0.15, -0.1) is 10.2 Å². The number of nitrogens with zero attached hydrogens (tertiary/aromatic N) is 3. The van der Waals surface area contributed by atoms with Crippen LogP contribution in [-0.2, 0) is 23.1 Å². The first-order chi connectivity index (χ1) is 16.3. The maximum atomic E-state index is 12.5. The van der Waals surface area contributed by atoms with Crippen molar-refractivity contribution in [2.45, 2.75) is 44.3 Å². The molecule has 0 fully saturated rings. The maximum absolute atomic E-state index is 12.5. The highest BCUT2D eigenvalue weighted by Gasteiger charge is 2.18. The molecule has 9 heteroatoms. The van der Waals surface area contributed by atoms with E-state index in [9.17, 15) is 9.59 Å². The third-order valence-electron chi connectivity index (χ3n) is 5.35. The topological polar surface area (TPSA) is 98.1 Å². The number of carbonyl (C=O) groups excluding carboxylic acids is 2. The van der Waals surface area contributed by atoms with E-state index < -0.39 is 0 Å². The molecule has 0 saturated carbocycles. The minimum absolute atomic E-state index is 0.113. The summed E-state index contributed by atoms with van der Waals surface area (Å²) in [6, 6.07) is 14.9. The summed E-state index contributed by atoms with van der Waals surface area (Å²) in [4.78, 5) is 24.8. The number of anilines is 1. The van der Waals surface area contributed by atoms with E-state index in [4.69, 9.17) is 4.74 Å². The van der Waals surface area contributed by atoms with Gasteiger partial charge in [0.25, 0.3) is 0 Å². The summed E-state index contributed by atoms with van der Waals surface area (Å²) in [7, 11) is 3.43. The largest absolute Gasteiger partial charge is 0.497 e. The number of ether oxygens (including phenoxy) is 1. The molecule has 0 aliphatic rings. The summed E-state index contributed by atoms with van der Waals surface area (Å²) in [5.41, 5.74) is 2.88. The zero-order valence-electron chi connectivity index (χ0n) is 20.2. The lowest BCUT2D eigenvalue weighted by molar-refractivity contribution is -0.121. The first-order valence-corrected chi connectivity index (χ1v) is 12.1. The summed E-state index contributed by atoms with van der Waals surface area (Å²) in [6.45, 7) is 6.12. The van der Waals surface area contributed by atoms with Crippen molar-refractivity contribution in [3.05, 3.63) is 65.5 Å². The Kier molecular flexibility index (Phi) is 8.70. The number of nitrogens with one attached hydrogen (secondary N) is 2. The van der Waals surface area contributed by atoms with Gasteiger partial charge in [-0.2, -0.15) is 0 Å². The zero-order valence-corrected chi connectivity index (χ0v) is 21.0. The molecule has 1 heterocycles. The van der Waals surface area contributed by atoms with Gasteiger partial charge >= 0.3 is 0 Å². The number of rotatable bonds is 10. The predicted molar refractivity (Wildman–Crippen MR) is 134 cm³/mol. The van der Waals surface area contributed by atoms with Crippen LogP contribution in [0.5, 0.6) is 5.75 Å². The van der Waals surface area contributed by atoms with Gasteiger partial charge in [-0.1, -0.05) is 49.9 Å².